The molecule has 2 atom stereocenters. The third kappa shape index (κ3) is 2.00. The van der Waals surface area contributed by atoms with Gasteiger partial charge in [0.05, 0.1) is 5.69 Å². The maximum Gasteiger partial charge on any atom is 0.199 e. The first-order valence-corrected chi connectivity index (χ1v) is 7.32. The van der Waals surface area contributed by atoms with Crippen LogP contribution < -0.4 is 4.31 Å². The second-order valence-corrected chi connectivity index (χ2v) is 6.02. The van der Waals surface area contributed by atoms with E-state index in [2.05, 4.69) is 4.89 Å². The molecule has 0 saturated heterocycles. The molecule has 1 aliphatic carbocycles. The van der Waals surface area contributed by atoms with Crippen LogP contribution in [0.4, 0.5) is 10.1 Å². The first-order valence-electron chi connectivity index (χ1n) is 6.22. The highest BCUT2D eigenvalue weighted by molar-refractivity contribution is 7.90. The number of anilines is 1. The van der Waals surface area contributed by atoms with Crippen LogP contribution in [-0.2, 0) is 15.9 Å². The molecule has 4 nitrogen and oxygen atoms in total. The Kier molecular flexibility index (Phi) is 3.38. The average Bonchev–Trinajstić information content (AvgIpc) is 2.73. The van der Waals surface area contributed by atoms with Gasteiger partial charge in [0.15, 0.2) is 17.2 Å². The third-order valence-corrected chi connectivity index (χ3v) is 5.18. The molecule has 1 aromatic rings. The highest BCUT2D eigenvalue weighted by Gasteiger charge is 2.41. The first-order chi connectivity index (χ1) is 9.24. The van der Waals surface area contributed by atoms with E-state index in [-0.39, 0.29) is 5.69 Å². The quantitative estimate of drug-likeness (QED) is 0.670. The fourth-order valence-corrected chi connectivity index (χ4v) is 4.31. The fourth-order valence-electron chi connectivity index (χ4n) is 2.66. The first kappa shape index (κ1) is 12.8. The Morgan fingerprint density at radius 2 is 2.05 bits per heavy atom. The molecule has 0 amide bonds. The monoisotopic (exact) mass is 283 g/mol. The van der Waals surface area contributed by atoms with Gasteiger partial charge in [-0.15, -0.1) is 0 Å². The van der Waals surface area contributed by atoms with Crippen molar-refractivity contribution >= 4 is 16.7 Å². The van der Waals surface area contributed by atoms with Gasteiger partial charge in [-0.1, -0.05) is 12.1 Å². The smallest absolute Gasteiger partial charge is 0.199 e. The Bertz CT molecular complexity index is 561. The van der Waals surface area contributed by atoms with Crippen molar-refractivity contribution in [2.24, 2.45) is 0 Å². The number of hydrogen-bond acceptors (Lipinski definition) is 3. The van der Waals surface area contributed by atoms with Crippen molar-refractivity contribution < 1.29 is 18.7 Å². The van der Waals surface area contributed by atoms with Gasteiger partial charge in [0.25, 0.3) is 0 Å². The molecule has 2 aliphatic rings. The maximum absolute atomic E-state index is 13.9. The van der Waals surface area contributed by atoms with Crippen LogP contribution in [0.25, 0.3) is 0 Å². The van der Waals surface area contributed by atoms with Crippen LogP contribution in [0.3, 0.4) is 0 Å². The lowest BCUT2D eigenvalue weighted by Crippen LogP contribution is -2.34. The molecule has 1 unspecified atom stereocenters. The summed E-state index contributed by atoms with van der Waals surface area (Å²) in [7, 11) is -1.48. The summed E-state index contributed by atoms with van der Waals surface area (Å²) in [5, 5.41) is 9.11. The Hall–Kier alpha value is -1.24. The Balaban J connectivity index is 2.04. The van der Waals surface area contributed by atoms with Crippen LogP contribution in [0, 0.1) is 5.82 Å². The molecule has 19 heavy (non-hydrogen) atoms. The predicted octanol–water partition coefficient (Wildman–Crippen LogP) is 2.95. The molecular weight excluding hydrogens is 269 g/mol. The minimum atomic E-state index is -1.48. The topological polar surface area (TPSA) is 49.8 Å². The highest BCUT2D eigenvalue weighted by Crippen LogP contribution is 2.42. The summed E-state index contributed by atoms with van der Waals surface area (Å²) in [6, 6.07) is 6.08. The summed E-state index contributed by atoms with van der Waals surface area (Å²) in [6.45, 7) is 0. The van der Waals surface area contributed by atoms with Crippen molar-refractivity contribution in [2.45, 2.75) is 31.9 Å². The van der Waals surface area contributed by atoms with E-state index in [1.54, 1.807) is 12.1 Å². The Labute approximate surface area is 113 Å². The van der Waals surface area contributed by atoms with Gasteiger partial charge in [-0.3, -0.25) is 4.31 Å². The molecule has 0 fully saturated rings. The summed E-state index contributed by atoms with van der Waals surface area (Å²) in [5.41, 5.74) is 1.02. The predicted molar refractivity (Wildman–Crippen MR) is 70.0 cm³/mol. The van der Waals surface area contributed by atoms with Crippen molar-refractivity contribution in [2.75, 3.05) is 4.31 Å². The zero-order valence-electron chi connectivity index (χ0n) is 10.2. The molecule has 0 aromatic heterocycles. The van der Waals surface area contributed by atoms with E-state index in [0.29, 0.717) is 6.42 Å². The minimum absolute atomic E-state index is 0.189. The summed E-state index contributed by atoms with van der Waals surface area (Å²) in [4.78, 5) is 5.25. The van der Waals surface area contributed by atoms with Gasteiger partial charge in [-0.05, 0) is 43.4 Å². The van der Waals surface area contributed by atoms with Crippen LogP contribution >= 0.6 is 0 Å². The molecule has 1 N–H and O–H groups in total. The van der Waals surface area contributed by atoms with E-state index < -0.39 is 23.0 Å². The van der Waals surface area contributed by atoms with Crippen molar-refractivity contribution in [3.8, 4) is 0 Å². The van der Waals surface area contributed by atoms with E-state index in [0.717, 1.165) is 29.7 Å². The van der Waals surface area contributed by atoms with Gasteiger partial charge >= 0.3 is 0 Å². The molecule has 0 bridgehead atoms. The van der Waals surface area contributed by atoms with E-state index >= 15 is 0 Å². The molecule has 1 aliphatic heterocycles. The molecule has 1 heterocycles. The number of hydrogen-bond donors (Lipinski definition) is 1. The molecule has 0 spiro atoms. The van der Waals surface area contributed by atoms with Gasteiger partial charge in [-0.25, -0.2) is 18.7 Å². The van der Waals surface area contributed by atoms with Gasteiger partial charge < -0.3 is 0 Å². The zero-order chi connectivity index (χ0) is 13.4. The molecular formula is C13H14FNO3S. The number of nitrogens with zero attached hydrogens (tertiary/aromatic N) is 1. The van der Waals surface area contributed by atoms with Crippen molar-refractivity contribution in [3.63, 3.8) is 0 Å². The second kappa shape index (κ2) is 5.03. The molecule has 102 valence electrons. The lowest BCUT2D eigenvalue weighted by Gasteiger charge is -2.24. The van der Waals surface area contributed by atoms with Gasteiger partial charge in [-0.2, -0.15) is 0 Å². The number of para-hydroxylation sites is 1. The van der Waals surface area contributed by atoms with Crippen LogP contribution in [0.1, 0.15) is 25.7 Å². The van der Waals surface area contributed by atoms with E-state index in [1.165, 1.54) is 16.4 Å². The Morgan fingerprint density at radius 1 is 1.32 bits per heavy atom. The average molecular weight is 283 g/mol. The summed E-state index contributed by atoms with van der Waals surface area (Å²) in [6.07, 6.45) is 2.55. The van der Waals surface area contributed by atoms with E-state index in [4.69, 9.17) is 5.26 Å². The van der Waals surface area contributed by atoms with Crippen LogP contribution in [0.5, 0.6) is 0 Å². The van der Waals surface area contributed by atoms with Gasteiger partial charge in [0.2, 0.25) is 0 Å². The van der Waals surface area contributed by atoms with Crippen LogP contribution in [0.15, 0.2) is 34.7 Å². The highest BCUT2D eigenvalue weighted by atomic mass is 32.2. The SMILES string of the molecule is O=S1C2=C(CCCC2)[C@@H](OO)N1c1ccccc1F. The molecule has 0 radical (unpaired) electrons. The number of benzene rings is 1. The standard InChI is InChI=1S/C13H14FNO3S/c14-10-6-2-3-7-11(10)15-13(18-16)9-5-1-4-8-12(9)19(15)17/h2-3,6-7,13,16H,1,4-5,8H2/t13-,19?/m1/s1. The Morgan fingerprint density at radius 3 is 2.79 bits per heavy atom. The summed E-state index contributed by atoms with van der Waals surface area (Å²) >= 11 is 0. The number of rotatable bonds is 2. The van der Waals surface area contributed by atoms with Crippen molar-refractivity contribution in [3.05, 3.63) is 40.6 Å². The largest absolute Gasteiger partial charge is 0.251 e. The molecule has 3 rings (SSSR count). The second-order valence-electron chi connectivity index (χ2n) is 4.64. The van der Waals surface area contributed by atoms with Crippen LogP contribution in [-0.4, -0.2) is 15.7 Å². The van der Waals surface area contributed by atoms with Crippen molar-refractivity contribution in [1.82, 2.24) is 0 Å². The molecule has 1 aromatic carbocycles. The van der Waals surface area contributed by atoms with E-state index in [9.17, 15) is 8.60 Å². The fraction of sp³-hybridized carbons (Fsp3) is 0.385. The summed E-state index contributed by atoms with van der Waals surface area (Å²) < 4.78 is 27.7. The van der Waals surface area contributed by atoms with Gasteiger partial charge in [0.1, 0.15) is 5.82 Å². The third-order valence-electron chi connectivity index (χ3n) is 3.55. The van der Waals surface area contributed by atoms with Crippen molar-refractivity contribution in [1.29, 1.82) is 0 Å². The maximum atomic E-state index is 13.9. The van der Waals surface area contributed by atoms with E-state index in [1.807, 2.05) is 0 Å². The lowest BCUT2D eigenvalue weighted by atomic mass is 9.98. The zero-order valence-corrected chi connectivity index (χ0v) is 11.0. The van der Waals surface area contributed by atoms with Gasteiger partial charge in [0, 0.05) is 4.91 Å². The normalized spacial score (nSPS) is 26.7. The molecule has 6 heteroatoms. The number of allylic oxidation sites excluding steroid dienone is 1. The minimum Gasteiger partial charge on any atom is -0.251 e. The number of halogens is 1. The molecule has 0 saturated carbocycles. The summed E-state index contributed by atoms with van der Waals surface area (Å²) in [5.74, 6) is -0.474. The van der Waals surface area contributed by atoms with Crippen LogP contribution in [0.2, 0.25) is 0 Å². The lowest BCUT2D eigenvalue weighted by molar-refractivity contribution is -0.265.